The predicted octanol–water partition coefficient (Wildman–Crippen LogP) is -1.48. The van der Waals surface area contributed by atoms with Gasteiger partial charge in [0, 0.05) is 0 Å². The molecule has 0 radical (unpaired) electrons. The summed E-state index contributed by atoms with van der Waals surface area (Å²) >= 11 is 0. The van der Waals surface area contributed by atoms with Crippen LogP contribution in [0.5, 0.6) is 0 Å². The molecule has 0 rings (SSSR count). The van der Waals surface area contributed by atoms with Crippen LogP contribution in [0.15, 0.2) is 0 Å². The van der Waals surface area contributed by atoms with Crippen LogP contribution in [0.3, 0.4) is 0 Å². The third-order valence-corrected chi connectivity index (χ3v) is 0.787. The first kappa shape index (κ1) is 16.8. The van der Waals surface area contributed by atoms with E-state index in [-0.39, 0.29) is 31.2 Å². The molecule has 0 aliphatic rings. The Hall–Kier alpha value is -0.520. The quantitative estimate of drug-likeness (QED) is 0.520. The highest BCUT2D eigenvalue weighted by Gasteiger charge is 2.10. The summed E-state index contributed by atoms with van der Waals surface area (Å²) in [5.74, 6) is -1.34. The van der Waals surface area contributed by atoms with Gasteiger partial charge in [0.15, 0.2) is 0 Å². The van der Waals surface area contributed by atoms with E-state index in [4.69, 9.17) is 17.2 Å². The number of primary amides is 2. The minimum atomic E-state index is -0.942. The molecule has 0 aliphatic carbocycles. The highest BCUT2D eigenvalue weighted by Crippen LogP contribution is 1.82. The first-order valence-corrected chi connectivity index (χ1v) is 2.37. The van der Waals surface area contributed by atoms with Gasteiger partial charge in [0.25, 0.3) is 0 Å². The van der Waals surface area contributed by atoms with Gasteiger partial charge in [-0.05, 0) is 0 Å². The van der Waals surface area contributed by atoms with E-state index in [9.17, 15) is 9.59 Å². The number of amides is 2. The maximum absolute atomic E-state index is 10.1. The molecule has 0 spiro atoms. The summed E-state index contributed by atoms with van der Waals surface area (Å²) in [6, 6.07) is -0.942. The number of carbonyl (C=O) groups is 2. The van der Waals surface area contributed by atoms with Gasteiger partial charge >= 0.3 is 0 Å². The molecular weight excluding hydrogens is 193 g/mol. The van der Waals surface area contributed by atoms with Crippen molar-refractivity contribution in [2.75, 3.05) is 0 Å². The van der Waals surface area contributed by atoms with E-state index in [0.29, 0.717) is 0 Å². The first-order valence-electron chi connectivity index (χ1n) is 2.37. The molecule has 1 unspecified atom stereocenters. The number of carbonyl (C=O) groups excluding carboxylic acids is 2. The lowest BCUT2D eigenvalue weighted by molar-refractivity contribution is -0.124. The van der Waals surface area contributed by atoms with Crippen molar-refractivity contribution in [3.63, 3.8) is 0 Å². The van der Waals surface area contributed by atoms with Gasteiger partial charge in [-0.3, -0.25) is 9.59 Å². The van der Waals surface area contributed by atoms with E-state index in [1.807, 2.05) is 0 Å². The topological polar surface area (TPSA) is 112 Å². The van der Waals surface area contributed by atoms with Crippen LogP contribution < -0.4 is 17.2 Å². The van der Waals surface area contributed by atoms with Crippen LogP contribution in [-0.2, 0) is 9.59 Å². The Labute approximate surface area is 76.5 Å². The van der Waals surface area contributed by atoms with E-state index in [2.05, 4.69) is 0 Å². The van der Waals surface area contributed by atoms with Gasteiger partial charge in [-0.15, -0.1) is 24.8 Å². The number of rotatable bonds is 3. The first-order chi connectivity index (χ1) is 4.04. The van der Waals surface area contributed by atoms with Gasteiger partial charge in [0.05, 0.1) is 12.5 Å². The predicted molar refractivity (Wildman–Crippen MR) is 45.5 cm³/mol. The van der Waals surface area contributed by atoms with Crippen LogP contribution in [-0.4, -0.2) is 17.9 Å². The molecular formula is C4H11Cl2N3O2. The van der Waals surface area contributed by atoms with Gasteiger partial charge in [-0.1, -0.05) is 0 Å². The Balaban J connectivity index is -0.000000320. The fourth-order valence-corrected chi connectivity index (χ4v) is 0.317. The second kappa shape index (κ2) is 7.59. The zero-order chi connectivity index (χ0) is 7.44. The molecule has 5 nitrogen and oxygen atoms in total. The molecule has 11 heavy (non-hydrogen) atoms. The van der Waals surface area contributed by atoms with E-state index in [0.717, 1.165) is 0 Å². The van der Waals surface area contributed by atoms with Crippen LogP contribution in [0.4, 0.5) is 0 Å². The van der Waals surface area contributed by atoms with Crippen LogP contribution >= 0.6 is 24.8 Å². The summed E-state index contributed by atoms with van der Waals surface area (Å²) in [6.45, 7) is 0. The fraction of sp³-hybridized carbons (Fsp3) is 0.500. The fourth-order valence-electron chi connectivity index (χ4n) is 0.317. The summed E-state index contributed by atoms with van der Waals surface area (Å²) in [7, 11) is 0. The molecule has 0 aromatic rings. The third-order valence-electron chi connectivity index (χ3n) is 0.787. The average Bonchev–Trinajstić information content (AvgIpc) is 1.63. The zero-order valence-corrected chi connectivity index (χ0v) is 7.28. The molecule has 0 bridgehead atoms. The summed E-state index contributed by atoms with van der Waals surface area (Å²) in [5.41, 5.74) is 14.5. The van der Waals surface area contributed by atoms with E-state index < -0.39 is 17.9 Å². The SMILES string of the molecule is Cl.Cl.NC(=O)CC(N)C(N)=O. The number of hydrogen-bond acceptors (Lipinski definition) is 3. The van der Waals surface area contributed by atoms with E-state index in [1.165, 1.54) is 0 Å². The molecule has 0 aromatic carbocycles. The molecule has 6 N–H and O–H groups in total. The Morgan fingerprint density at radius 2 is 1.55 bits per heavy atom. The Kier molecular flexibility index (Phi) is 11.6. The second-order valence-electron chi connectivity index (χ2n) is 1.68. The lowest BCUT2D eigenvalue weighted by atomic mass is 10.2. The Morgan fingerprint density at radius 3 is 1.64 bits per heavy atom. The molecule has 1 atom stereocenters. The van der Waals surface area contributed by atoms with Crippen LogP contribution in [0, 0.1) is 0 Å². The normalized spacial score (nSPS) is 10.3. The zero-order valence-electron chi connectivity index (χ0n) is 5.65. The molecule has 0 aromatic heterocycles. The highest BCUT2D eigenvalue weighted by atomic mass is 35.5. The minimum absolute atomic E-state index is 0. The summed E-state index contributed by atoms with van der Waals surface area (Å²) < 4.78 is 0. The van der Waals surface area contributed by atoms with Gasteiger partial charge in [0.2, 0.25) is 11.8 Å². The van der Waals surface area contributed by atoms with Gasteiger partial charge < -0.3 is 17.2 Å². The smallest absolute Gasteiger partial charge is 0.234 e. The summed E-state index contributed by atoms with van der Waals surface area (Å²) in [6.07, 6.45) is -0.185. The van der Waals surface area contributed by atoms with E-state index in [1.54, 1.807) is 0 Å². The monoisotopic (exact) mass is 203 g/mol. The van der Waals surface area contributed by atoms with Crippen LogP contribution in [0.2, 0.25) is 0 Å². The maximum atomic E-state index is 10.1. The summed E-state index contributed by atoms with van der Waals surface area (Å²) in [4.78, 5) is 20.2. The maximum Gasteiger partial charge on any atom is 0.234 e. The van der Waals surface area contributed by atoms with Crippen molar-refractivity contribution in [2.24, 2.45) is 17.2 Å². The van der Waals surface area contributed by atoms with Crippen molar-refractivity contribution in [1.29, 1.82) is 0 Å². The molecule has 0 aliphatic heterocycles. The van der Waals surface area contributed by atoms with Crippen molar-refractivity contribution < 1.29 is 9.59 Å². The number of nitrogens with two attached hydrogens (primary N) is 3. The van der Waals surface area contributed by atoms with Crippen molar-refractivity contribution in [1.82, 2.24) is 0 Å². The molecule has 0 saturated carbocycles. The number of halogens is 2. The molecule has 68 valence electrons. The molecule has 0 saturated heterocycles. The molecule has 7 heteroatoms. The lowest BCUT2D eigenvalue weighted by Crippen LogP contribution is -2.39. The van der Waals surface area contributed by atoms with Crippen molar-refractivity contribution in [3.05, 3.63) is 0 Å². The molecule has 2 amide bonds. The Morgan fingerprint density at radius 1 is 1.18 bits per heavy atom. The van der Waals surface area contributed by atoms with E-state index >= 15 is 0 Å². The van der Waals surface area contributed by atoms with Crippen LogP contribution in [0.1, 0.15) is 6.42 Å². The van der Waals surface area contributed by atoms with Crippen molar-refractivity contribution >= 4 is 36.6 Å². The average molecular weight is 204 g/mol. The molecule has 0 heterocycles. The standard InChI is InChI=1S/C4H9N3O2.2ClH/c5-2(4(7)9)1-3(6)8;;/h2H,1,5H2,(H2,6,8)(H2,7,9);2*1H. The largest absolute Gasteiger partial charge is 0.370 e. The molecule has 0 fully saturated rings. The minimum Gasteiger partial charge on any atom is -0.370 e. The lowest BCUT2D eigenvalue weighted by Gasteiger charge is -2.01. The summed E-state index contributed by atoms with van der Waals surface area (Å²) in [5, 5.41) is 0. The second-order valence-corrected chi connectivity index (χ2v) is 1.68. The van der Waals surface area contributed by atoms with Crippen LogP contribution in [0.25, 0.3) is 0 Å². The number of hydrogen-bond donors (Lipinski definition) is 3. The van der Waals surface area contributed by atoms with Crippen molar-refractivity contribution in [2.45, 2.75) is 12.5 Å². The highest BCUT2D eigenvalue weighted by molar-refractivity contribution is 5.86. The van der Waals surface area contributed by atoms with Gasteiger partial charge in [-0.2, -0.15) is 0 Å². The van der Waals surface area contributed by atoms with Gasteiger partial charge in [-0.25, -0.2) is 0 Å². The van der Waals surface area contributed by atoms with Crippen molar-refractivity contribution in [3.8, 4) is 0 Å². The third kappa shape index (κ3) is 9.48. The Bertz CT molecular complexity index is 141. The van der Waals surface area contributed by atoms with Gasteiger partial charge in [0.1, 0.15) is 0 Å².